The van der Waals surface area contributed by atoms with Crippen molar-refractivity contribution >= 4 is 53.3 Å². The van der Waals surface area contributed by atoms with Crippen molar-refractivity contribution in [2.75, 3.05) is 0 Å². The van der Waals surface area contributed by atoms with Crippen molar-refractivity contribution in [2.24, 2.45) is 0 Å². The highest BCUT2D eigenvalue weighted by Crippen LogP contribution is 2.45. The van der Waals surface area contributed by atoms with Gasteiger partial charge in [0.1, 0.15) is 0 Å². The summed E-state index contributed by atoms with van der Waals surface area (Å²) in [5, 5.41) is 4.94. The molecule has 262 valence electrons. The third-order valence-corrected chi connectivity index (χ3v) is 12.0. The van der Waals surface area contributed by atoms with Gasteiger partial charge in [-0.05, 0) is 52.6 Å². The zero-order chi connectivity index (χ0) is 37.0. The molecule has 56 heavy (non-hydrogen) atoms. The molecule has 11 aromatic rings. The van der Waals surface area contributed by atoms with Crippen molar-refractivity contribution in [2.45, 2.75) is 0 Å². The lowest BCUT2D eigenvalue weighted by atomic mass is 10.0. The number of thiophene rings is 1. The zero-order valence-corrected chi connectivity index (χ0v) is 31.0. The SMILES string of the molecule is c1ccc(-c2ccc(-c3nc(-c4ccc(-c5ccccc5)cc4)nc(-c4cccc5c4sc4c5ccc5c4c4ccccc4n5-c4ccccc4)n3)cc2)cc1. The Balaban J connectivity index is 1.11. The lowest BCUT2D eigenvalue weighted by molar-refractivity contribution is 1.08. The number of para-hydroxylation sites is 2. The quantitative estimate of drug-likeness (QED) is 0.171. The molecule has 0 aliphatic rings. The van der Waals surface area contributed by atoms with E-state index in [9.17, 15) is 0 Å². The van der Waals surface area contributed by atoms with Gasteiger partial charge in [0.2, 0.25) is 0 Å². The fraction of sp³-hybridized carbons (Fsp3) is 0. The minimum atomic E-state index is 0.642. The van der Waals surface area contributed by atoms with Crippen molar-refractivity contribution in [3.8, 4) is 62.1 Å². The number of benzene rings is 8. The van der Waals surface area contributed by atoms with Gasteiger partial charge in [0.15, 0.2) is 17.5 Å². The Morgan fingerprint density at radius 3 is 1.43 bits per heavy atom. The minimum Gasteiger partial charge on any atom is -0.309 e. The summed E-state index contributed by atoms with van der Waals surface area (Å²) < 4.78 is 4.80. The smallest absolute Gasteiger partial charge is 0.165 e. The van der Waals surface area contributed by atoms with Crippen LogP contribution in [0.4, 0.5) is 0 Å². The summed E-state index contributed by atoms with van der Waals surface area (Å²) in [6, 6.07) is 68.4. The molecule has 0 radical (unpaired) electrons. The summed E-state index contributed by atoms with van der Waals surface area (Å²) in [4.78, 5) is 15.6. The number of aromatic nitrogens is 4. The van der Waals surface area contributed by atoms with Gasteiger partial charge >= 0.3 is 0 Å². The number of fused-ring (bicyclic) bond motifs is 7. The van der Waals surface area contributed by atoms with Crippen LogP contribution in [0, 0.1) is 0 Å². The van der Waals surface area contributed by atoms with Gasteiger partial charge in [-0.1, -0.05) is 164 Å². The molecule has 11 rings (SSSR count). The molecule has 0 aliphatic heterocycles. The van der Waals surface area contributed by atoms with E-state index in [1.54, 1.807) is 0 Å². The van der Waals surface area contributed by atoms with Crippen LogP contribution in [0.3, 0.4) is 0 Å². The standard InChI is InChI=1S/C51H32N4S/c1-4-13-33(14-5-1)35-23-27-37(28-24-35)49-52-50(38-29-25-36(26-30-38)34-15-6-2-7-16-34)54-51(53-49)43-21-12-20-40-41-31-32-45-46(48(41)56-47(40)43)42-19-10-11-22-44(42)55(45)39-17-8-3-9-18-39/h1-32H. The maximum Gasteiger partial charge on any atom is 0.165 e. The molecule has 8 aromatic carbocycles. The van der Waals surface area contributed by atoms with Gasteiger partial charge in [-0.15, -0.1) is 11.3 Å². The van der Waals surface area contributed by atoms with Gasteiger partial charge in [0.05, 0.1) is 11.0 Å². The number of nitrogens with zero attached hydrogens (tertiary/aromatic N) is 4. The molecule has 3 heterocycles. The Hall–Kier alpha value is -7.21. The van der Waals surface area contributed by atoms with E-state index < -0.39 is 0 Å². The molecule has 0 aliphatic carbocycles. The Labute approximate surface area is 327 Å². The molecule has 0 bridgehead atoms. The first-order valence-corrected chi connectivity index (χ1v) is 19.6. The van der Waals surface area contributed by atoms with Gasteiger partial charge in [-0.2, -0.15) is 0 Å². The Morgan fingerprint density at radius 1 is 0.321 bits per heavy atom. The van der Waals surface area contributed by atoms with Crippen molar-refractivity contribution in [1.82, 2.24) is 19.5 Å². The number of rotatable bonds is 6. The van der Waals surface area contributed by atoms with Crippen LogP contribution in [0.15, 0.2) is 194 Å². The average Bonchev–Trinajstić information content (AvgIpc) is 3.83. The third kappa shape index (κ3) is 5.40. The van der Waals surface area contributed by atoms with Crippen LogP contribution in [0.1, 0.15) is 0 Å². The first-order chi connectivity index (χ1) is 27.8. The average molecular weight is 733 g/mol. The maximum atomic E-state index is 5.22. The van der Waals surface area contributed by atoms with E-state index in [1.165, 1.54) is 48.4 Å². The van der Waals surface area contributed by atoms with E-state index in [-0.39, 0.29) is 0 Å². The van der Waals surface area contributed by atoms with E-state index in [2.05, 4.69) is 187 Å². The highest BCUT2D eigenvalue weighted by atomic mass is 32.1. The zero-order valence-electron chi connectivity index (χ0n) is 30.2. The normalized spacial score (nSPS) is 11.6. The Bertz CT molecular complexity index is 3100. The monoisotopic (exact) mass is 732 g/mol. The highest BCUT2D eigenvalue weighted by molar-refractivity contribution is 7.27. The molecule has 0 amide bonds. The van der Waals surface area contributed by atoms with Crippen LogP contribution in [-0.4, -0.2) is 19.5 Å². The molecular weight excluding hydrogens is 701 g/mol. The molecule has 0 unspecified atom stereocenters. The first kappa shape index (κ1) is 32.2. The van der Waals surface area contributed by atoms with Crippen LogP contribution in [0.25, 0.3) is 104 Å². The predicted octanol–water partition coefficient (Wildman–Crippen LogP) is 13.7. The van der Waals surface area contributed by atoms with Gasteiger partial charge in [0.25, 0.3) is 0 Å². The largest absolute Gasteiger partial charge is 0.309 e. The molecular formula is C51H32N4S. The Morgan fingerprint density at radius 2 is 0.804 bits per heavy atom. The fourth-order valence-electron chi connectivity index (χ4n) is 7.98. The van der Waals surface area contributed by atoms with Crippen LogP contribution in [0.5, 0.6) is 0 Å². The third-order valence-electron chi connectivity index (χ3n) is 10.7. The number of hydrogen-bond acceptors (Lipinski definition) is 4. The summed E-state index contributed by atoms with van der Waals surface area (Å²) >= 11 is 1.82. The van der Waals surface area contributed by atoms with Crippen LogP contribution in [0.2, 0.25) is 0 Å². The summed E-state index contributed by atoms with van der Waals surface area (Å²) in [5.74, 6) is 1.94. The van der Waals surface area contributed by atoms with Gasteiger partial charge in [-0.3, -0.25) is 0 Å². The topological polar surface area (TPSA) is 43.6 Å². The molecule has 3 aromatic heterocycles. The lowest BCUT2D eigenvalue weighted by Gasteiger charge is -2.10. The molecule has 0 saturated heterocycles. The molecule has 4 nitrogen and oxygen atoms in total. The summed E-state index contributed by atoms with van der Waals surface area (Å²) in [6.07, 6.45) is 0. The predicted molar refractivity (Wildman–Crippen MR) is 234 cm³/mol. The van der Waals surface area contributed by atoms with Crippen LogP contribution < -0.4 is 0 Å². The van der Waals surface area contributed by atoms with Crippen molar-refractivity contribution in [3.05, 3.63) is 194 Å². The molecule has 0 fully saturated rings. The van der Waals surface area contributed by atoms with Crippen molar-refractivity contribution in [3.63, 3.8) is 0 Å². The second kappa shape index (κ2) is 13.3. The molecule has 0 N–H and O–H groups in total. The summed E-state index contributed by atoms with van der Waals surface area (Å²) in [6.45, 7) is 0. The first-order valence-electron chi connectivity index (χ1n) is 18.8. The van der Waals surface area contributed by atoms with Crippen molar-refractivity contribution < 1.29 is 0 Å². The maximum absolute atomic E-state index is 5.22. The highest BCUT2D eigenvalue weighted by Gasteiger charge is 2.20. The van der Waals surface area contributed by atoms with E-state index in [0.29, 0.717) is 17.5 Å². The van der Waals surface area contributed by atoms with E-state index in [1.807, 2.05) is 23.5 Å². The van der Waals surface area contributed by atoms with Crippen LogP contribution >= 0.6 is 11.3 Å². The lowest BCUT2D eigenvalue weighted by Crippen LogP contribution is -2.00. The van der Waals surface area contributed by atoms with E-state index in [0.717, 1.165) is 38.2 Å². The molecule has 0 spiro atoms. The molecule has 0 atom stereocenters. The fourth-order valence-corrected chi connectivity index (χ4v) is 9.34. The van der Waals surface area contributed by atoms with E-state index in [4.69, 9.17) is 15.0 Å². The van der Waals surface area contributed by atoms with E-state index >= 15 is 0 Å². The number of hydrogen-bond donors (Lipinski definition) is 0. The minimum absolute atomic E-state index is 0.642. The second-order valence-electron chi connectivity index (χ2n) is 14.0. The Kier molecular flexibility index (Phi) is 7.64. The molecule has 0 saturated carbocycles. The molecule has 5 heteroatoms. The summed E-state index contributed by atoms with van der Waals surface area (Å²) in [5.41, 5.74) is 11.1. The van der Waals surface area contributed by atoms with Gasteiger partial charge < -0.3 is 4.57 Å². The van der Waals surface area contributed by atoms with Gasteiger partial charge in [0, 0.05) is 53.3 Å². The second-order valence-corrected chi connectivity index (χ2v) is 15.0. The van der Waals surface area contributed by atoms with Gasteiger partial charge in [-0.25, -0.2) is 15.0 Å². The van der Waals surface area contributed by atoms with Crippen molar-refractivity contribution in [1.29, 1.82) is 0 Å². The summed E-state index contributed by atoms with van der Waals surface area (Å²) in [7, 11) is 0. The van der Waals surface area contributed by atoms with Crippen LogP contribution in [-0.2, 0) is 0 Å².